The van der Waals surface area contributed by atoms with Crippen LogP contribution < -0.4 is 0 Å². The number of hydrogen-bond acceptors (Lipinski definition) is 4. The van der Waals surface area contributed by atoms with Gasteiger partial charge in [0.1, 0.15) is 0 Å². The minimum absolute atomic E-state index is 0.112. The number of amides is 2. The van der Waals surface area contributed by atoms with Crippen LogP contribution in [0, 0.1) is 0 Å². The van der Waals surface area contributed by atoms with E-state index in [1.807, 2.05) is 42.2 Å². The minimum Gasteiger partial charge on any atom is -0.459 e. The van der Waals surface area contributed by atoms with Crippen LogP contribution in [0.3, 0.4) is 0 Å². The van der Waals surface area contributed by atoms with E-state index in [0.717, 1.165) is 4.90 Å². The first-order valence-corrected chi connectivity index (χ1v) is 8.86. The van der Waals surface area contributed by atoms with E-state index in [1.165, 1.54) is 6.26 Å². The predicted octanol–water partition coefficient (Wildman–Crippen LogP) is 2.74. The molecule has 1 aliphatic heterocycles. The van der Waals surface area contributed by atoms with Crippen molar-refractivity contribution in [1.82, 2.24) is 9.80 Å². The molecule has 1 atom stereocenters. The van der Waals surface area contributed by atoms with Gasteiger partial charge in [0.15, 0.2) is 5.76 Å². The Labute approximate surface area is 145 Å². The van der Waals surface area contributed by atoms with E-state index in [1.54, 1.807) is 28.8 Å². The summed E-state index contributed by atoms with van der Waals surface area (Å²) in [5.41, 5.74) is 0. The molecule has 5 nitrogen and oxygen atoms in total. The van der Waals surface area contributed by atoms with Crippen molar-refractivity contribution in [3.8, 4) is 0 Å². The normalized spacial score (nSPS) is 16.0. The number of piperazine rings is 1. The van der Waals surface area contributed by atoms with Gasteiger partial charge in [0.2, 0.25) is 5.91 Å². The van der Waals surface area contributed by atoms with Crippen molar-refractivity contribution in [1.29, 1.82) is 0 Å². The summed E-state index contributed by atoms with van der Waals surface area (Å²) in [4.78, 5) is 29.5. The number of furan rings is 1. The minimum atomic E-state index is -0.139. The number of hydrogen-bond donors (Lipinski definition) is 0. The molecule has 0 bridgehead atoms. The molecule has 0 saturated carbocycles. The first kappa shape index (κ1) is 16.6. The molecule has 1 aromatic carbocycles. The van der Waals surface area contributed by atoms with Gasteiger partial charge < -0.3 is 14.2 Å². The van der Waals surface area contributed by atoms with Gasteiger partial charge in [-0.05, 0) is 31.2 Å². The largest absolute Gasteiger partial charge is 0.459 e. The Bertz CT molecular complexity index is 680. The van der Waals surface area contributed by atoms with Crippen LogP contribution in [-0.2, 0) is 4.79 Å². The lowest BCUT2D eigenvalue weighted by Gasteiger charge is -2.35. The van der Waals surface area contributed by atoms with Crippen molar-refractivity contribution in [2.75, 3.05) is 26.2 Å². The predicted molar refractivity (Wildman–Crippen MR) is 93.0 cm³/mol. The fraction of sp³-hybridized carbons (Fsp3) is 0.333. The van der Waals surface area contributed by atoms with Gasteiger partial charge in [0.05, 0.1) is 11.5 Å². The van der Waals surface area contributed by atoms with Gasteiger partial charge in [-0.2, -0.15) is 0 Å². The highest BCUT2D eigenvalue weighted by atomic mass is 32.2. The molecule has 126 valence electrons. The molecule has 3 rings (SSSR count). The standard InChI is InChI=1S/C18H20N2O3S/c1-14(24-15-6-3-2-4-7-15)17(21)19-9-11-20(12-10-19)18(22)16-8-5-13-23-16/h2-8,13-14H,9-12H2,1H3. The highest BCUT2D eigenvalue weighted by molar-refractivity contribution is 8.00. The Hall–Kier alpha value is -2.21. The fourth-order valence-corrected chi connectivity index (χ4v) is 3.67. The molecule has 24 heavy (non-hydrogen) atoms. The third kappa shape index (κ3) is 3.82. The maximum absolute atomic E-state index is 12.6. The van der Waals surface area contributed by atoms with Crippen molar-refractivity contribution in [3.05, 3.63) is 54.5 Å². The molecule has 2 heterocycles. The van der Waals surface area contributed by atoms with Crippen LogP contribution in [0.25, 0.3) is 0 Å². The van der Waals surface area contributed by atoms with Crippen molar-refractivity contribution in [2.24, 2.45) is 0 Å². The van der Waals surface area contributed by atoms with Crippen LogP contribution in [-0.4, -0.2) is 53.0 Å². The van der Waals surface area contributed by atoms with Crippen molar-refractivity contribution in [2.45, 2.75) is 17.1 Å². The van der Waals surface area contributed by atoms with E-state index >= 15 is 0 Å². The van der Waals surface area contributed by atoms with E-state index in [4.69, 9.17) is 4.42 Å². The van der Waals surface area contributed by atoms with Gasteiger partial charge in [-0.15, -0.1) is 11.8 Å². The SMILES string of the molecule is CC(Sc1ccccc1)C(=O)N1CCN(C(=O)c2ccco2)CC1. The molecule has 0 spiro atoms. The van der Waals surface area contributed by atoms with Crippen LogP contribution in [0.15, 0.2) is 58.0 Å². The molecule has 0 radical (unpaired) electrons. The molecule has 1 aliphatic rings. The molecule has 0 N–H and O–H groups in total. The average molecular weight is 344 g/mol. The monoisotopic (exact) mass is 344 g/mol. The van der Waals surface area contributed by atoms with Gasteiger partial charge in [0, 0.05) is 31.1 Å². The molecule has 1 fully saturated rings. The molecule has 1 aromatic heterocycles. The summed E-state index contributed by atoms with van der Waals surface area (Å²) >= 11 is 1.56. The highest BCUT2D eigenvalue weighted by Crippen LogP contribution is 2.24. The zero-order chi connectivity index (χ0) is 16.9. The Morgan fingerprint density at radius 3 is 2.29 bits per heavy atom. The molecule has 6 heteroatoms. The Balaban J connectivity index is 1.52. The first-order chi connectivity index (χ1) is 11.6. The van der Waals surface area contributed by atoms with Gasteiger partial charge in [0.25, 0.3) is 5.91 Å². The number of benzene rings is 1. The summed E-state index contributed by atoms with van der Waals surface area (Å²) in [5.74, 6) is 0.357. The molecular weight excluding hydrogens is 324 g/mol. The van der Waals surface area contributed by atoms with Gasteiger partial charge in [-0.25, -0.2) is 0 Å². The van der Waals surface area contributed by atoms with E-state index in [9.17, 15) is 9.59 Å². The van der Waals surface area contributed by atoms with Gasteiger partial charge in [-0.1, -0.05) is 18.2 Å². The first-order valence-electron chi connectivity index (χ1n) is 7.98. The molecule has 2 aromatic rings. The fourth-order valence-electron chi connectivity index (χ4n) is 2.70. The lowest BCUT2D eigenvalue weighted by molar-refractivity contribution is -0.131. The summed E-state index contributed by atoms with van der Waals surface area (Å²) < 4.78 is 5.15. The maximum Gasteiger partial charge on any atom is 0.289 e. The summed E-state index contributed by atoms with van der Waals surface area (Å²) in [6.07, 6.45) is 1.50. The van der Waals surface area contributed by atoms with Crippen molar-refractivity contribution < 1.29 is 14.0 Å². The molecule has 1 saturated heterocycles. The van der Waals surface area contributed by atoms with Crippen LogP contribution in [0.1, 0.15) is 17.5 Å². The Morgan fingerprint density at radius 1 is 1.00 bits per heavy atom. The van der Waals surface area contributed by atoms with Gasteiger partial charge in [-0.3, -0.25) is 9.59 Å². The summed E-state index contributed by atoms with van der Waals surface area (Å²) in [7, 11) is 0. The summed E-state index contributed by atoms with van der Waals surface area (Å²) in [6, 6.07) is 13.3. The molecular formula is C18H20N2O3S. The summed E-state index contributed by atoms with van der Waals surface area (Å²) in [5, 5.41) is -0.139. The second-order valence-corrected chi connectivity index (χ2v) is 7.08. The number of thioether (sulfide) groups is 1. The smallest absolute Gasteiger partial charge is 0.289 e. The number of nitrogens with zero attached hydrogens (tertiary/aromatic N) is 2. The van der Waals surface area contributed by atoms with Crippen molar-refractivity contribution in [3.63, 3.8) is 0 Å². The third-order valence-corrected chi connectivity index (χ3v) is 5.11. The number of carbonyl (C=O) groups is 2. The number of rotatable bonds is 4. The van der Waals surface area contributed by atoms with E-state index in [0.29, 0.717) is 31.9 Å². The zero-order valence-electron chi connectivity index (χ0n) is 13.6. The quantitative estimate of drug-likeness (QED) is 0.801. The van der Waals surface area contributed by atoms with Crippen LogP contribution in [0.5, 0.6) is 0 Å². The van der Waals surface area contributed by atoms with Crippen LogP contribution in [0.4, 0.5) is 0 Å². The van der Waals surface area contributed by atoms with Crippen LogP contribution >= 0.6 is 11.8 Å². The molecule has 2 amide bonds. The number of carbonyl (C=O) groups excluding carboxylic acids is 2. The van der Waals surface area contributed by atoms with Crippen LogP contribution in [0.2, 0.25) is 0 Å². The molecule has 0 aliphatic carbocycles. The Morgan fingerprint density at radius 2 is 1.67 bits per heavy atom. The lowest BCUT2D eigenvalue weighted by atomic mass is 10.2. The molecule has 1 unspecified atom stereocenters. The third-order valence-electron chi connectivity index (χ3n) is 4.01. The summed E-state index contributed by atoms with van der Waals surface area (Å²) in [6.45, 7) is 4.12. The van der Waals surface area contributed by atoms with E-state index in [-0.39, 0.29) is 17.1 Å². The average Bonchev–Trinajstić information content (AvgIpc) is 3.16. The van der Waals surface area contributed by atoms with E-state index < -0.39 is 0 Å². The highest BCUT2D eigenvalue weighted by Gasteiger charge is 2.28. The van der Waals surface area contributed by atoms with E-state index in [2.05, 4.69) is 0 Å². The second-order valence-electron chi connectivity index (χ2n) is 5.67. The van der Waals surface area contributed by atoms with Crippen molar-refractivity contribution >= 4 is 23.6 Å². The zero-order valence-corrected chi connectivity index (χ0v) is 14.4. The second kappa shape index (κ2) is 7.57. The lowest BCUT2D eigenvalue weighted by Crippen LogP contribution is -2.52. The Kier molecular flexibility index (Phi) is 5.25. The van der Waals surface area contributed by atoms with Gasteiger partial charge >= 0.3 is 0 Å². The topological polar surface area (TPSA) is 53.8 Å². The maximum atomic E-state index is 12.6.